The molecule has 1 amide bonds. The van der Waals surface area contributed by atoms with Crippen LogP contribution < -0.4 is 5.32 Å². The number of carbonyl (C=O) groups excluding carboxylic acids is 1. The maximum Gasteiger partial charge on any atom is 0.227 e. The predicted molar refractivity (Wildman–Crippen MR) is 125 cm³/mol. The second-order valence-electron chi connectivity index (χ2n) is 9.81. The van der Waals surface area contributed by atoms with Gasteiger partial charge in [0.2, 0.25) is 5.91 Å². The Balaban J connectivity index is 1.40. The van der Waals surface area contributed by atoms with Gasteiger partial charge >= 0.3 is 0 Å². The highest BCUT2D eigenvalue weighted by atomic mass is 16.3. The zero-order valence-electron chi connectivity index (χ0n) is 19.0. The number of nitriles is 1. The number of hydrogen-bond donors (Lipinski definition) is 3. The summed E-state index contributed by atoms with van der Waals surface area (Å²) < 4.78 is 2.29. The van der Waals surface area contributed by atoms with Crippen molar-refractivity contribution in [1.29, 1.82) is 5.26 Å². The van der Waals surface area contributed by atoms with Crippen molar-refractivity contribution in [2.45, 2.75) is 76.3 Å². The van der Waals surface area contributed by atoms with Gasteiger partial charge in [0.25, 0.3) is 0 Å². The summed E-state index contributed by atoms with van der Waals surface area (Å²) in [5, 5.41) is 22.7. The molecule has 33 heavy (non-hydrogen) atoms. The molecule has 0 radical (unpaired) electrons. The van der Waals surface area contributed by atoms with Crippen LogP contribution in [0, 0.1) is 23.2 Å². The van der Waals surface area contributed by atoms with E-state index < -0.39 is 0 Å². The lowest BCUT2D eigenvalue weighted by atomic mass is 9.84. The Morgan fingerprint density at radius 3 is 2.67 bits per heavy atom. The molecule has 0 spiro atoms. The van der Waals surface area contributed by atoms with Crippen LogP contribution in [0.3, 0.4) is 0 Å². The number of pyridine rings is 1. The topological polar surface area (TPSA) is 120 Å². The van der Waals surface area contributed by atoms with E-state index in [0.717, 1.165) is 79.3 Å². The average molecular weight is 449 g/mol. The van der Waals surface area contributed by atoms with Gasteiger partial charge in [0, 0.05) is 36.7 Å². The van der Waals surface area contributed by atoms with Crippen LogP contribution in [-0.2, 0) is 11.2 Å². The Labute approximate surface area is 193 Å². The van der Waals surface area contributed by atoms with Crippen molar-refractivity contribution in [3.05, 3.63) is 24.3 Å². The molecule has 2 aliphatic rings. The van der Waals surface area contributed by atoms with Crippen LogP contribution in [0.25, 0.3) is 22.1 Å². The van der Waals surface area contributed by atoms with Crippen molar-refractivity contribution in [2.75, 3.05) is 6.61 Å². The number of aliphatic hydroxyl groups is 1. The molecule has 174 valence electrons. The molecule has 3 N–H and O–H groups in total. The van der Waals surface area contributed by atoms with E-state index in [9.17, 15) is 9.90 Å². The van der Waals surface area contributed by atoms with E-state index in [0.29, 0.717) is 18.3 Å². The quantitative estimate of drug-likeness (QED) is 0.530. The molecule has 3 heterocycles. The SMILES string of the molecule is N#CCC1CCC(n2c(CC(=O)N[C@H]3CC[C@H](CO)CC3)nc3cnc4[nH]ccc4c32)CC1. The van der Waals surface area contributed by atoms with E-state index in [2.05, 4.69) is 25.9 Å². The van der Waals surface area contributed by atoms with Gasteiger partial charge < -0.3 is 20.0 Å². The molecule has 0 atom stereocenters. The maximum atomic E-state index is 13.0. The average Bonchev–Trinajstić information content (AvgIpc) is 3.44. The van der Waals surface area contributed by atoms with Gasteiger partial charge in [0.15, 0.2) is 0 Å². The molecular formula is C25H32N6O2. The molecule has 3 aromatic rings. The van der Waals surface area contributed by atoms with E-state index in [1.165, 1.54) is 0 Å². The standard InChI is InChI=1S/C25H32N6O2/c26-11-9-16-3-7-19(8-4-16)31-22(13-23(33)29-18-5-1-17(15-32)2-6-18)30-21-14-28-25-20(24(21)31)10-12-27-25/h10,12,14,16-19,32H,1-9,13,15H2,(H,27,28)(H,29,33)/t16?,17-,18-,19?. The highest BCUT2D eigenvalue weighted by Gasteiger charge is 2.28. The van der Waals surface area contributed by atoms with Crippen LogP contribution >= 0.6 is 0 Å². The minimum absolute atomic E-state index is 0.00967. The van der Waals surface area contributed by atoms with Gasteiger partial charge in [-0.3, -0.25) is 4.79 Å². The molecule has 8 heteroatoms. The van der Waals surface area contributed by atoms with Crippen molar-refractivity contribution in [2.24, 2.45) is 11.8 Å². The molecule has 8 nitrogen and oxygen atoms in total. The maximum absolute atomic E-state index is 13.0. The monoisotopic (exact) mass is 448 g/mol. The van der Waals surface area contributed by atoms with Gasteiger partial charge in [-0.05, 0) is 69.3 Å². The number of nitrogens with one attached hydrogen (secondary N) is 2. The van der Waals surface area contributed by atoms with Gasteiger partial charge in [-0.15, -0.1) is 0 Å². The molecule has 0 aromatic carbocycles. The summed E-state index contributed by atoms with van der Waals surface area (Å²) >= 11 is 0. The van der Waals surface area contributed by atoms with Gasteiger partial charge in [-0.2, -0.15) is 5.26 Å². The Kier molecular flexibility index (Phi) is 6.32. The van der Waals surface area contributed by atoms with E-state index in [-0.39, 0.29) is 31.0 Å². The number of aliphatic hydroxyl groups excluding tert-OH is 1. The highest BCUT2D eigenvalue weighted by Crippen LogP contribution is 2.38. The first-order chi connectivity index (χ1) is 16.2. The number of imidazole rings is 1. The first-order valence-electron chi connectivity index (χ1n) is 12.3. The zero-order valence-corrected chi connectivity index (χ0v) is 19.0. The van der Waals surface area contributed by atoms with Crippen LogP contribution in [0.1, 0.15) is 69.7 Å². The third kappa shape index (κ3) is 4.47. The smallest absolute Gasteiger partial charge is 0.227 e. The van der Waals surface area contributed by atoms with Gasteiger partial charge in [0.05, 0.1) is 24.2 Å². The molecule has 5 rings (SSSR count). The molecule has 0 bridgehead atoms. The molecule has 3 aromatic heterocycles. The fraction of sp³-hybridized carbons (Fsp3) is 0.600. The molecule has 2 fully saturated rings. The van der Waals surface area contributed by atoms with Gasteiger partial charge in [0.1, 0.15) is 17.0 Å². The summed E-state index contributed by atoms with van der Waals surface area (Å²) in [7, 11) is 0. The molecule has 0 unspecified atom stereocenters. The van der Waals surface area contributed by atoms with Gasteiger partial charge in [-0.1, -0.05) is 0 Å². The largest absolute Gasteiger partial charge is 0.396 e. The Morgan fingerprint density at radius 2 is 1.94 bits per heavy atom. The number of H-pyrrole nitrogens is 1. The van der Waals surface area contributed by atoms with Crippen LogP contribution in [-0.4, -0.2) is 43.2 Å². The van der Waals surface area contributed by atoms with E-state index >= 15 is 0 Å². The fourth-order valence-corrected chi connectivity index (χ4v) is 5.81. The Hall–Kier alpha value is -2.92. The van der Waals surface area contributed by atoms with Crippen LogP contribution in [0.4, 0.5) is 0 Å². The second kappa shape index (κ2) is 9.52. The predicted octanol–water partition coefficient (Wildman–Crippen LogP) is 3.77. The van der Waals surface area contributed by atoms with Crippen LogP contribution in [0.2, 0.25) is 0 Å². The van der Waals surface area contributed by atoms with Gasteiger partial charge in [-0.25, -0.2) is 9.97 Å². The number of aromatic nitrogens is 4. The summed E-state index contributed by atoms with van der Waals surface area (Å²) in [4.78, 5) is 25.6. The van der Waals surface area contributed by atoms with E-state index in [1.54, 1.807) is 6.20 Å². The molecule has 2 saturated carbocycles. The van der Waals surface area contributed by atoms with Crippen molar-refractivity contribution in [3.8, 4) is 6.07 Å². The highest BCUT2D eigenvalue weighted by molar-refractivity contribution is 6.01. The molecule has 0 aliphatic heterocycles. The lowest BCUT2D eigenvalue weighted by Gasteiger charge is -2.30. The first kappa shape index (κ1) is 21.9. The number of amides is 1. The van der Waals surface area contributed by atoms with Crippen LogP contribution in [0.5, 0.6) is 0 Å². The summed E-state index contributed by atoms with van der Waals surface area (Å²) in [5.41, 5.74) is 2.71. The van der Waals surface area contributed by atoms with Crippen molar-refractivity contribution in [3.63, 3.8) is 0 Å². The third-order valence-electron chi connectivity index (χ3n) is 7.66. The Bertz CT molecular complexity index is 1160. The van der Waals surface area contributed by atoms with Crippen molar-refractivity contribution >= 4 is 28.0 Å². The zero-order chi connectivity index (χ0) is 22.8. The summed E-state index contributed by atoms with van der Waals surface area (Å²) in [5.74, 6) is 1.65. The number of rotatable bonds is 6. The number of fused-ring (bicyclic) bond motifs is 3. The molecule has 0 saturated heterocycles. The Morgan fingerprint density at radius 1 is 1.18 bits per heavy atom. The summed E-state index contributed by atoms with van der Waals surface area (Å²) in [6.07, 6.45) is 12.4. The fourth-order valence-electron chi connectivity index (χ4n) is 5.81. The second-order valence-corrected chi connectivity index (χ2v) is 9.81. The lowest BCUT2D eigenvalue weighted by molar-refractivity contribution is -0.121. The van der Waals surface area contributed by atoms with E-state index in [1.807, 2.05) is 12.3 Å². The first-order valence-corrected chi connectivity index (χ1v) is 12.3. The minimum Gasteiger partial charge on any atom is -0.396 e. The molecular weight excluding hydrogens is 416 g/mol. The minimum atomic E-state index is 0.00967. The number of aromatic amines is 1. The summed E-state index contributed by atoms with van der Waals surface area (Å²) in [6, 6.07) is 4.81. The van der Waals surface area contributed by atoms with Crippen molar-refractivity contribution < 1.29 is 9.90 Å². The third-order valence-corrected chi connectivity index (χ3v) is 7.66. The lowest BCUT2D eigenvalue weighted by Crippen LogP contribution is -2.39. The van der Waals surface area contributed by atoms with Crippen LogP contribution in [0.15, 0.2) is 18.5 Å². The van der Waals surface area contributed by atoms with E-state index in [4.69, 9.17) is 10.2 Å². The molecule has 2 aliphatic carbocycles. The van der Waals surface area contributed by atoms with Crippen molar-refractivity contribution in [1.82, 2.24) is 24.8 Å². The number of carbonyl (C=O) groups is 1. The number of hydrogen-bond acceptors (Lipinski definition) is 5. The number of nitrogens with zero attached hydrogens (tertiary/aromatic N) is 4. The normalized spacial score (nSPS) is 25.8. The summed E-state index contributed by atoms with van der Waals surface area (Å²) in [6.45, 7) is 0.239.